The minimum atomic E-state index is -0.600. The number of aryl methyl sites for hydroxylation is 1. The summed E-state index contributed by atoms with van der Waals surface area (Å²) in [4.78, 5) is 13.1. The summed E-state index contributed by atoms with van der Waals surface area (Å²) in [6.07, 6.45) is -0.0458. The Balaban J connectivity index is 1.84. The van der Waals surface area contributed by atoms with Crippen LogP contribution in [0.1, 0.15) is 36.1 Å². The topological polar surface area (TPSA) is 47.6 Å². The van der Waals surface area contributed by atoms with Crippen molar-refractivity contribution in [2.75, 3.05) is 7.11 Å². The van der Waals surface area contributed by atoms with E-state index in [9.17, 15) is 4.79 Å². The molecule has 0 aliphatic heterocycles. The van der Waals surface area contributed by atoms with E-state index in [1.165, 1.54) is 0 Å². The van der Waals surface area contributed by atoms with E-state index < -0.39 is 6.10 Å². The average molecular weight is 389 g/mol. The molecule has 3 aromatic rings. The van der Waals surface area contributed by atoms with Gasteiger partial charge in [0, 0.05) is 6.07 Å². The number of ether oxygens (including phenoxy) is 2. The summed E-state index contributed by atoms with van der Waals surface area (Å²) in [5.41, 5.74) is 3.23. The fourth-order valence-corrected chi connectivity index (χ4v) is 3.29. The van der Waals surface area contributed by atoms with Crippen LogP contribution in [0.25, 0.3) is 0 Å². The fraction of sp³-hybridized carbons (Fsp3) is 0.240. The van der Waals surface area contributed by atoms with Gasteiger partial charge in [0.05, 0.1) is 13.2 Å². The van der Waals surface area contributed by atoms with Crippen LogP contribution in [-0.4, -0.2) is 19.1 Å². The number of benzene rings is 3. The zero-order chi connectivity index (χ0) is 20.6. The Labute approximate surface area is 172 Å². The zero-order valence-corrected chi connectivity index (χ0v) is 17.1. The Morgan fingerprint density at radius 3 is 2.31 bits per heavy atom. The first-order valence-electron chi connectivity index (χ1n) is 9.84. The summed E-state index contributed by atoms with van der Waals surface area (Å²) in [6, 6.07) is 25.2. The Kier molecular flexibility index (Phi) is 6.90. The maximum Gasteiger partial charge on any atom is 0.261 e. The number of hydrogen-bond donors (Lipinski definition) is 1. The summed E-state index contributed by atoms with van der Waals surface area (Å²) in [5, 5.41) is 3.20. The number of hydrogen-bond acceptors (Lipinski definition) is 3. The molecule has 0 aliphatic carbocycles. The Morgan fingerprint density at radius 2 is 1.62 bits per heavy atom. The van der Waals surface area contributed by atoms with Crippen LogP contribution in [0.5, 0.6) is 11.5 Å². The van der Waals surface area contributed by atoms with Crippen LogP contribution in [0, 0.1) is 6.92 Å². The smallest absolute Gasteiger partial charge is 0.261 e. The van der Waals surface area contributed by atoms with E-state index in [2.05, 4.69) is 24.4 Å². The molecule has 1 amide bonds. The van der Waals surface area contributed by atoms with Gasteiger partial charge in [-0.2, -0.15) is 0 Å². The molecule has 0 heterocycles. The van der Waals surface area contributed by atoms with E-state index in [1.54, 1.807) is 13.2 Å². The normalized spacial score (nSPS) is 12.7. The summed E-state index contributed by atoms with van der Waals surface area (Å²) < 4.78 is 11.2. The second kappa shape index (κ2) is 9.78. The predicted octanol–water partition coefficient (Wildman–Crippen LogP) is 5.07. The highest BCUT2D eigenvalue weighted by molar-refractivity contribution is 5.82. The highest BCUT2D eigenvalue weighted by Gasteiger charge is 2.24. The maximum absolute atomic E-state index is 13.1. The number of carbonyl (C=O) groups is 1. The van der Waals surface area contributed by atoms with Gasteiger partial charge < -0.3 is 14.8 Å². The molecule has 29 heavy (non-hydrogen) atoms. The molecule has 1 N–H and O–H groups in total. The number of nitrogens with one attached hydrogen (secondary N) is 1. The Morgan fingerprint density at radius 1 is 0.931 bits per heavy atom. The van der Waals surface area contributed by atoms with Crippen LogP contribution < -0.4 is 14.8 Å². The van der Waals surface area contributed by atoms with Crippen molar-refractivity contribution in [1.29, 1.82) is 0 Å². The lowest BCUT2D eigenvalue weighted by molar-refractivity contribution is -0.128. The molecule has 0 aliphatic rings. The number of amides is 1. The Bertz CT molecular complexity index is 940. The van der Waals surface area contributed by atoms with Gasteiger partial charge in [0.2, 0.25) is 0 Å². The van der Waals surface area contributed by atoms with Crippen molar-refractivity contribution in [3.8, 4) is 11.5 Å². The van der Waals surface area contributed by atoms with Crippen LogP contribution in [-0.2, 0) is 4.79 Å². The quantitative estimate of drug-likeness (QED) is 0.585. The van der Waals surface area contributed by atoms with Crippen molar-refractivity contribution in [2.45, 2.75) is 32.4 Å². The Hall–Kier alpha value is -3.27. The van der Waals surface area contributed by atoms with Crippen molar-refractivity contribution in [1.82, 2.24) is 5.32 Å². The standard InChI is InChI=1S/C25H27NO3/c1-4-23(29-21-15-10-14-20(17-21)28-3)25(27)26-24(19-12-6-5-7-13-19)22-16-9-8-11-18(22)2/h5-17,23-24H,4H2,1-3H3,(H,26,27)/t23-,24+/m0/s1. The van der Waals surface area contributed by atoms with Crippen LogP contribution in [0.2, 0.25) is 0 Å². The summed E-state index contributed by atoms with van der Waals surface area (Å²) in [6.45, 7) is 4.00. The molecule has 0 fully saturated rings. The van der Waals surface area contributed by atoms with Gasteiger partial charge in [0.1, 0.15) is 11.5 Å². The third kappa shape index (κ3) is 5.17. The van der Waals surface area contributed by atoms with Crippen molar-refractivity contribution in [3.63, 3.8) is 0 Å². The van der Waals surface area contributed by atoms with Crippen LogP contribution >= 0.6 is 0 Å². The molecule has 3 rings (SSSR count). The highest BCUT2D eigenvalue weighted by atomic mass is 16.5. The molecule has 0 bridgehead atoms. The molecule has 0 spiro atoms. The second-order valence-electron chi connectivity index (χ2n) is 6.90. The van der Waals surface area contributed by atoms with Gasteiger partial charge >= 0.3 is 0 Å². The first-order chi connectivity index (χ1) is 14.1. The van der Waals surface area contributed by atoms with Crippen LogP contribution in [0.4, 0.5) is 0 Å². The summed E-state index contributed by atoms with van der Waals surface area (Å²) >= 11 is 0. The van der Waals surface area contributed by atoms with E-state index in [0.29, 0.717) is 17.9 Å². The van der Waals surface area contributed by atoms with Crippen molar-refractivity contribution >= 4 is 5.91 Å². The molecule has 3 aromatic carbocycles. The fourth-order valence-electron chi connectivity index (χ4n) is 3.29. The maximum atomic E-state index is 13.1. The molecule has 0 saturated heterocycles. The monoisotopic (exact) mass is 389 g/mol. The van der Waals surface area contributed by atoms with Gasteiger partial charge in [-0.3, -0.25) is 4.79 Å². The molecule has 0 unspecified atom stereocenters. The lowest BCUT2D eigenvalue weighted by Crippen LogP contribution is -2.40. The van der Waals surface area contributed by atoms with Crippen molar-refractivity contribution in [3.05, 3.63) is 95.6 Å². The van der Waals surface area contributed by atoms with Crippen LogP contribution in [0.3, 0.4) is 0 Å². The van der Waals surface area contributed by atoms with Crippen molar-refractivity contribution < 1.29 is 14.3 Å². The molecular weight excluding hydrogens is 362 g/mol. The van der Waals surface area contributed by atoms with Gasteiger partial charge in [0.15, 0.2) is 6.10 Å². The van der Waals surface area contributed by atoms with Crippen molar-refractivity contribution in [2.24, 2.45) is 0 Å². The lowest BCUT2D eigenvalue weighted by atomic mass is 9.94. The third-order valence-electron chi connectivity index (χ3n) is 4.90. The summed E-state index contributed by atoms with van der Waals surface area (Å²) in [5.74, 6) is 1.16. The minimum absolute atomic E-state index is 0.146. The number of rotatable bonds is 8. The molecule has 150 valence electrons. The first-order valence-corrected chi connectivity index (χ1v) is 9.84. The van der Waals surface area contributed by atoms with Gasteiger partial charge in [-0.25, -0.2) is 0 Å². The third-order valence-corrected chi connectivity index (χ3v) is 4.90. The van der Waals surface area contributed by atoms with Gasteiger partial charge in [-0.05, 0) is 42.2 Å². The van der Waals surface area contributed by atoms with E-state index in [4.69, 9.17) is 9.47 Å². The molecular formula is C25H27NO3. The second-order valence-corrected chi connectivity index (χ2v) is 6.90. The molecule has 4 nitrogen and oxygen atoms in total. The van der Waals surface area contributed by atoms with Gasteiger partial charge in [0.25, 0.3) is 5.91 Å². The first kappa shape index (κ1) is 20.5. The van der Waals surface area contributed by atoms with E-state index in [1.807, 2.05) is 67.6 Å². The predicted molar refractivity (Wildman–Crippen MR) is 115 cm³/mol. The van der Waals surface area contributed by atoms with E-state index >= 15 is 0 Å². The highest BCUT2D eigenvalue weighted by Crippen LogP contribution is 2.26. The molecule has 0 radical (unpaired) electrons. The van der Waals surface area contributed by atoms with E-state index in [-0.39, 0.29) is 11.9 Å². The largest absolute Gasteiger partial charge is 0.497 e. The van der Waals surface area contributed by atoms with Crippen LogP contribution in [0.15, 0.2) is 78.9 Å². The molecule has 0 saturated carbocycles. The lowest BCUT2D eigenvalue weighted by Gasteiger charge is -2.25. The zero-order valence-electron chi connectivity index (χ0n) is 17.1. The molecule has 2 atom stereocenters. The summed E-state index contributed by atoms with van der Waals surface area (Å²) in [7, 11) is 1.61. The van der Waals surface area contributed by atoms with Gasteiger partial charge in [-0.1, -0.05) is 67.6 Å². The minimum Gasteiger partial charge on any atom is -0.497 e. The number of carbonyl (C=O) groups excluding carboxylic acids is 1. The number of methoxy groups -OCH3 is 1. The van der Waals surface area contributed by atoms with Gasteiger partial charge in [-0.15, -0.1) is 0 Å². The molecule has 4 heteroatoms. The average Bonchev–Trinajstić information content (AvgIpc) is 2.77. The molecule has 0 aromatic heterocycles. The SMILES string of the molecule is CC[C@H](Oc1cccc(OC)c1)C(=O)N[C@H](c1ccccc1)c1ccccc1C. The van der Waals surface area contributed by atoms with E-state index in [0.717, 1.165) is 16.7 Å².